The minimum atomic E-state index is -0.336. The molecule has 0 radical (unpaired) electrons. The minimum absolute atomic E-state index is 0.103. The third kappa shape index (κ3) is 6.01. The Balaban J connectivity index is 1.70. The molecule has 4 aromatic rings. The largest absolute Gasteiger partial charge is 0.497 e. The number of benzene rings is 3. The van der Waals surface area contributed by atoms with Crippen molar-refractivity contribution in [3.8, 4) is 5.75 Å². The first kappa shape index (κ1) is 25.6. The maximum atomic E-state index is 13.9. The molecule has 37 heavy (non-hydrogen) atoms. The van der Waals surface area contributed by atoms with Crippen LogP contribution in [0.5, 0.6) is 5.75 Å². The summed E-state index contributed by atoms with van der Waals surface area (Å²) in [6, 6.07) is 25.8. The molecule has 0 bridgehead atoms. The molecule has 7 heteroatoms. The summed E-state index contributed by atoms with van der Waals surface area (Å²) in [5.74, 6) is 0.479. The molecule has 0 saturated carbocycles. The zero-order valence-corrected chi connectivity index (χ0v) is 21.5. The van der Waals surface area contributed by atoms with Crippen LogP contribution in [0.1, 0.15) is 45.0 Å². The lowest BCUT2D eigenvalue weighted by molar-refractivity contribution is 0.0674. The summed E-state index contributed by atoms with van der Waals surface area (Å²) in [7, 11) is 5.51. The number of hydrogen-bond acceptors (Lipinski definition) is 5. The molecular weight excluding hydrogens is 466 g/mol. The lowest BCUT2D eigenvalue weighted by atomic mass is 10.0. The van der Waals surface area contributed by atoms with E-state index in [-0.39, 0.29) is 23.6 Å². The number of rotatable bonds is 9. The van der Waals surface area contributed by atoms with Gasteiger partial charge in [-0.25, -0.2) is 0 Å². The monoisotopic (exact) mass is 497 g/mol. The quantitative estimate of drug-likeness (QED) is 0.307. The van der Waals surface area contributed by atoms with Crippen molar-refractivity contribution in [2.45, 2.75) is 19.5 Å². The fraction of sp³-hybridized carbons (Fsp3) is 0.200. The Morgan fingerprint density at radius 2 is 1.68 bits per heavy atom. The summed E-state index contributed by atoms with van der Waals surface area (Å²) < 4.78 is 10.5. The normalized spacial score (nSPS) is 11.5. The second-order valence-electron chi connectivity index (χ2n) is 8.92. The van der Waals surface area contributed by atoms with Gasteiger partial charge in [0.05, 0.1) is 19.4 Å². The van der Waals surface area contributed by atoms with Gasteiger partial charge >= 0.3 is 0 Å². The van der Waals surface area contributed by atoms with E-state index in [1.165, 1.54) is 6.26 Å². The summed E-state index contributed by atoms with van der Waals surface area (Å²) in [5.41, 5.74) is 4.05. The first-order valence-corrected chi connectivity index (χ1v) is 12.0. The number of anilines is 2. The van der Waals surface area contributed by atoms with Crippen molar-refractivity contribution in [3.63, 3.8) is 0 Å². The van der Waals surface area contributed by atoms with Crippen LogP contribution in [0.15, 0.2) is 95.6 Å². The van der Waals surface area contributed by atoms with Gasteiger partial charge in [-0.1, -0.05) is 30.3 Å². The first-order chi connectivity index (χ1) is 17.9. The van der Waals surface area contributed by atoms with Gasteiger partial charge in [0.15, 0.2) is 5.76 Å². The van der Waals surface area contributed by atoms with Gasteiger partial charge in [0.25, 0.3) is 11.8 Å². The van der Waals surface area contributed by atoms with Crippen molar-refractivity contribution in [1.82, 2.24) is 4.90 Å². The number of hydrogen-bond donors (Lipinski definition) is 1. The van der Waals surface area contributed by atoms with Crippen molar-refractivity contribution >= 4 is 23.2 Å². The molecule has 1 N–H and O–H groups in total. The van der Waals surface area contributed by atoms with Crippen molar-refractivity contribution in [1.29, 1.82) is 0 Å². The Labute approximate surface area is 217 Å². The molecule has 0 aliphatic rings. The van der Waals surface area contributed by atoms with Gasteiger partial charge in [-0.3, -0.25) is 9.59 Å². The Hall–Kier alpha value is -4.52. The van der Waals surface area contributed by atoms with Crippen LogP contribution in [-0.4, -0.2) is 37.9 Å². The molecule has 2 amide bonds. The first-order valence-electron chi connectivity index (χ1n) is 12.0. The second-order valence-corrected chi connectivity index (χ2v) is 8.92. The molecule has 1 heterocycles. The van der Waals surface area contributed by atoms with E-state index in [1.807, 2.05) is 79.3 Å². The SMILES string of the molecule is COc1ccc(C(=O)N(Cc2cc(NC(=O)c3ccco3)ccc2N(C)C)C(C)c2ccccc2)cc1. The number of ether oxygens (including phenoxy) is 1. The molecule has 4 rings (SSSR count). The number of carbonyl (C=O) groups is 2. The topological polar surface area (TPSA) is 75.0 Å². The average Bonchev–Trinajstić information content (AvgIpc) is 3.47. The predicted molar refractivity (Wildman–Crippen MR) is 145 cm³/mol. The van der Waals surface area contributed by atoms with Crippen molar-refractivity contribution in [3.05, 3.63) is 114 Å². The van der Waals surface area contributed by atoms with E-state index in [9.17, 15) is 9.59 Å². The molecule has 0 spiro atoms. The molecule has 190 valence electrons. The van der Waals surface area contributed by atoms with Gasteiger partial charge in [0.1, 0.15) is 5.75 Å². The van der Waals surface area contributed by atoms with Crippen molar-refractivity contribution < 1.29 is 18.7 Å². The van der Waals surface area contributed by atoms with Crippen molar-refractivity contribution in [2.75, 3.05) is 31.4 Å². The maximum absolute atomic E-state index is 13.9. The third-order valence-corrected chi connectivity index (χ3v) is 6.25. The summed E-state index contributed by atoms with van der Waals surface area (Å²) >= 11 is 0. The maximum Gasteiger partial charge on any atom is 0.291 e. The Kier molecular flexibility index (Phi) is 7.93. The van der Waals surface area contributed by atoms with Crippen LogP contribution in [0.3, 0.4) is 0 Å². The van der Waals surface area contributed by atoms with Crippen LogP contribution in [0.25, 0.3) is 0 Å². The highest BCUT2D eigenvalue weighted by molar-refractivity contribution is 6.02. The lowest BCUT2D eigenvalue weighted by Crippen LogP contribution is -2.33. The molecular formula is C30H31N3O4. The van der Waals surface area contributed by atoms with Crippen LogP contribution in [0.2, 0.25) is 0 Å². The van der Waals surface area contributed by atoms with Gasteiger partial charge < -0.3 is 24.3 Å². The standard InChI is InChI=1S/C30H31N3O4/c1-21(22-9-6-5-7-10-22)33(30(35)23-12-15-26(36-4)16-13-23)20-24-19-25(14-17-27(24)32(2)3)31-29(34)28-11-8-18-37-28/h5-19,21H,20H2,1-4H3,(H,31,34). The zero-order chi connectivity index (χ0) is 26.4. The van der Waals surface area contributed by atoms with Gasteiger partial charge in [-0.2, -0.15) is 0 Å². The molecule has 0 aliphatic carbocycles. The van der Waals surface area contributed by atoms with Gasteiger partial charge in [0.2, 0.25) is 0 Å². The number of nitrogens with one attached hydrogen (secondary N) is 1. The van der Waals surface area contributed by atoms with E-state index in [0.29, 0.717) is 23.5 Å². The fourth-order valence-corrected chi connectivity index (χ4v) is 4.21. The van der Waals surface area contributed by atoms with E-state index in [2.05, 4.69) is 5.32 Å². The number of nitrogens with zero attached hydrogens (tertiary/aromatic N) is 2. The van der Waals surface area contributed by atoms with E-state index in [4.69, 9.17) is 9.15 Å². The molecule has 1 atom stereocenters. The molecule has 0 aliphatic heterocycles. The van der Waals surface area contributed by atoms with Crippen molar-refractivity contribution in [2.24, 2.45) is 0 Å². The molecule has 1 unspecified atom stereocenters. The minimum Gasteiger partial charge on any atom is -0.497 e. The molecule has 0 saturated heterocycles. The number of carbonyl (C=O) groups excluding carboxylic acids is 2. The predicted octanol–water partition coefficient (Wildman–Crippen LogP) is 6.01. The van der Waals surface area contributed by atoms with E-state index >= 15 is 0 Å². The molecule has 3 aromatic carbocycles. The fourth-order valence-electron chi connectivity index (χ4n) is 4.21. The molecule has 0 fully saturated rings. The third-order valence-electron chi connectivity index (χ3n) is 6.25. The highest BCUT2D eigenvalue weighted by Crippen LogP contribution is 2.30. The molecule has 7 nitrogen and oxygen atoms in total. The number of amides is 2. The Bertz CT molecular complexity index is 1330. The van der Waals surface area contributed by atoms with Gasteiger partial charge in [-0.05, 0) is 72.6 Å². The Morgan fingerprint density at radius 3 is 2.30 bits per heavy atom. The van der Waals surface area contributed by atoms with Gasteiger partial charge in [0, 0.05) is 37.6 Å². The summed E-state index contributed by atoms with van der Waals surface area (Å²) in [6.07, 6.45) is 1.46. The highest BCUT2D eigenvalue weighted by Gasteiger charge is 2.25. The van der Waals surface area contributed by atoms with E-state index in [0.717, 1.165) is 16.8 Å². The van der Waals surface area contributed by atoms with Crippen LogP contribution in [0, 0.1) is 0 Å². The smallest absolute Gasteiger partial charge is 0.291 e. The van der Waals surface area contributed by atoms with Crippen LogP contribution in [-0.2, 0) is 6.54 Å². The van der Waals surface area contributed by atoms with Crippen LogP contribution >= 0.6 is 0 Å². The Morgan fingerprint density at radius 1 is 0.946 bits per heavy atom. The average molecular weight is 498 g/mol. The lowest BCUT2D eigenvalue weighted by Gasteiger charge is -2.32. The summed E-state index contributed by atoms with van der Waals surface area (Å²) in [5, 5.41) is 2.89. The summed E-state index contributed by atoms with van der Waals surface area (Å²) in [4.78, 5) is 30.3. The number of furan rings is 1. The summed E-state index contributed by atoms with van der Waals surface area (Å²) in [6.45, 7) is 2.35. The van der Waals surface area contributed by atoms with E-state index < -0.39 is 0 Å². The van der Waals surface area contributed by atoms with Crippen LogP contribution < -0.4 is 15.0 Å². The van der Waals surface area contributed by atoms with E-state index in [1.54, 1.807) is 43.5 Å². The second kappa shape index (κ2) is 11.5. The van der Waals surface area contributed by atoms with Crippen LogP contribution in [0.4, 0.5) is 11.4 Å². The molecule has 1 aromatic heterocycles. The highest BCUT2D eigenvalue weighted by atomic mass is 16.5. The van der Waals surface area contributed by atoms with Gasteiger partial charge in [-0.15, -0.1) is 0 Å². The zero-order valence-electron chi connectivity index (χ0n) is 21.5. The number of methoxy groups -OCH3 is 1.